The molecule has 1 aromatic heterocycles. The number of carbonyl (C=O) groups excluding carboxylic acids is 1. The highest BCUT2D eigenvalue weighted by Gasteiger charge is 2.34. The van der Waals surface area contributed by atoms with Gasteiger partial charge in [-0.3, -0.25) is 4.79 Å². The molecule has 0 saturated heterocycles. The van der Waals surface area contributed by atoms with Crippen LogP contribution in [0.2, 0.25) is 0 Å². The predicted molar refractivity (Wildman–Crippen MR) is 102 cm³/mol. The first-order valence-corrected chi connectivity index (χ1v) is 9.10. The summed E-state index contributed by atoms with van der Waals surface area (Å²) in [6.45, 7) is 2.60. The average Bonchev–Trinajstić information content (AvgIpc) is 3.13. The molecule has 0 radical (unpaired) electrons. The van der Waals surface area contributed by atoms with Crippen LogP contribution in [0, 0.1) is 11.3 Å². The van der Waals surface area contributed by atoms with Crippen LogP contribution >= 0.6 is 0 Å². The van der Waals surface area contributed by atoms with Crippen molar-refractivity contribution in [1.82, 2.24) is 10.3 Å². The Labute approximate surface area is 153 Å². The van der Waals surface area contributed by atoms with E-state index < -0.39 is 5.54 Å². The molecule has 1 aromatic carbocycles. The molecule has 1 heterocycles. The van der Waals surface area contributed by atoms with E-state index in [1.807, 2.05) is 37.3 Å². The van der Waals surface area contributed by atoms with E-state index in [1.54, 1.807) is 6.08 Å². The Morgan fingerprint density at radius 3 is 2.88 bits per heavy atom. The zero-order valence-electron chi connectivity index (χ0n) is 15.0. The van der Waals surface area contributed by atoms with Crippen LogP contribution in [0.1, 0.15) is 44.6 Å². The Balaban J connectivity index is 1.82. The SMILES string of the molecule is CCCOc1nc2ccccc2cc1/C=C/C(=O)NC1(C#N)CCCC1. The summed E-state index contributed by atoms with van der Waals surface area (Å²) in [6.07, 6.45) is 7.42. The van der Waals surface area contributed by atoms with Gasteiger partial charge in [-0.25, -0.2) is 4.98 Å². The van der Waals surface area contributed by atoms with Gasteiger partial charge < -0.3 is 10.1 Å². The standard InChI is InChI=1S/C21H23N3O2/c1-2-13-26-20-17(14-16-7-3-4-8-18(16)23-20)9-10-19(25)24-21(15-22)11-5-6-12-21/h3-4,7-10,14H,2,5-6,11-13H2,1H3,(H,24,25)/b10-9+. The molecule has 1 fully saturated rings. The first kappa shape index (κ1) is 17.9. The summed E-state index contributed by atoms with van der Waals surface area (Å²) in [5.74, 6) is 0.258. The molecular formula is C21H23N3O2. The van der Waals surface area contributed by atoms with Gasteiger partial charge in [-0.05, 0) is 50.3 Å². The molecule has 1 aliphatic rings. The highest BCUT2D eigenvalue weighted by molar-refractivity contribution is 5.93. The number of aromatic nitrogens is 1. The fourth-order valence-electron chi connectivity index (χ4n) is 3.23. The molecule has 0 aliphatic heterocycles. The number of carbonyl (C=O) groups is 1. The van der Waals surface area contributed by atoms with Gasteiger partial charge in [-0.15, -0.1) is 0 Å². The Morgan fingerprint density at radius 1 is 1.38 bits per heavy atom. The van der Waals surface area contributed by atoms with Gasteiger partial charge in [-0.2, -0.15) is 5.26 Å². The fourth-order valence-corrected chi connectivity index (χ4v) is 3.23. The van der Waals surface area contributed by atoms with E-state index in [0.717, 1.165) is 35.7 Å². The lowest BCUT2D eigenvalue weighted by atomic mass is 10.00. The number of pyridine rings is 1. The van der Waals surface area contributed by atoms with Gasteiger partial charge in [0.25, 0.3) is 0 Å². The van der Waals surface area contributed by atoms with E-state index in [0.29, 0.717) is 25.3 Å². The van der Waals surface area contributed by atoms with Crippen LogP contribution < -0.4 is 10.1 Å². The third-order valence-electron chi connectivity index (χ3n) is 4.61. The average molecular weight is 349 g/mol. The van der Waals surface area contributed by atoms with Crippen LogP contribution in [-0.4, -0.2) is 23.0 Å². The summed E-state index contributed by atoms with van der Waals surface area (Å²) >= 11 is 0. The molecule has 2 aromatic rings. The molecular weight excluding hydrogens is 326 g/mol. The van der Waals surface area contributed by atoms with E-state index >= 15 is 0 Å². The van der Waals surface area contributed by atoms with Crippen LogP contribution in [-0.2, 0) is 4.79 Å². The number of para-hydroxylation sites is 1. The van der Waals surface area contributed by atoms with Crippen LogP contribution in [0.4, 0.5) is 0 Å². The molecule has 1 aliphatic carbocycles. The second-order valence-electron chi connectivity index (χ2n) is 6.65. The van der Waals surface area contributed by atoms with Crippen molar-refractivity contribution >= 4 is 22.9 Å². The molecule has 1 amide bonds. The maximum absolute atomic E-state index is 12.3. The first-order valence-electron chi connectivity index (χ1n) is 9.10. The number of amides is 1. The molecule has 1 N–H and O–H groups in total. The van der Waals surface area contributed by atoms with E-state index in [4.69, 9.17) is 4.74 Å². The maximum atomic E-state index is 12.3. The van der Waals surface area contributed by atoms with E-state index in [9.17, 15) is 10.1 Å². The number of nitriles is 1. The lowest BCUT2D eigenvalue weighted by Crippen LogP contribution is -2.44. The number of nitrogens with zero attached hydrogens (tertiary/aromatic N) is 2. The number of fused-ring (bicyclic) bond motifs is 1. The predicted octanol–water partition coefficient (Wildman–Crippen LogP) is 3.99. The van der Waals surface area contributed by atoms with Gasteiger partial charge in [0.05, 0.1) is 18.2 Å². The number of hydrogen-bond donors (Lipinski definition) is 1. The van der Waals surface area contributed by atoms with Crippen molar-refractivity contribution in [2.24, 2.45) is 0 Å². The number of benzene rings is 1. The summed E-state index contributed by atoms with van der Waals surface area (Å²) in [4.78, 5) is 16.9. The number of ether oxygens (including phenoxy) is 1. The van der Waals surface area contributed by atoms with Crippen molar-refractivity contribution in [3.63, 3.8) is 0 Å². The van der Waals surface area contributed by atoms with Crippen molar-refractivity contribution in [3.05, 3.63) is 42.0 Å². The van der Waals surface area contributed by atoms with E-state index in [2.05, 4.69) is 16.4 Å². The third kappa shape index (κ3) is 4.02. The lowest BCUT2D eigenvalue weighted by molar-refractivity contribution is -0.117. The molecule has 0 atom stereocenters. The van der Waals surface area contributed by atoms with E-state index in [-0.39, 0.29) is 5.91 Å². The monoisotopic (exact) mass is 349 g/mol. The topological polar surface area (TPSA) is 75.0 Å². The lowest BCUT2D eigenvalue weighted by Gasteiger charge is -2.20. The minimum Gasteiger partial charge on any atom is -0.477 e. The van der Waals surface area contributed by atoms with Gasteiger partial charge in [-0.1, -0.05) is 25.1 Å². The second kappa shape index (κ2) is 8.01. The number of rotatable bonds is 6. The molecule has 3 rings (SSSR count). The van der Waals surface area contributed by atoms with Gasteiger partial charge in [0.1, 0.15) is 5.54 Å². The summed E-state index contributed by atoms with van der Waals surface area (Å²) in [5.41, 5.74) is 0.893. The Kier molecular flexibility index (Phi) is 5.52. The quantitative estimate of drug-likeness (QED) is 0.800. The number of nitrogens with one attached hydrogen (secondary N) is 1. The molecule has 0 bridgehead atoms. The normalized spacial score (nSPS) is 15.8. The minimum atomic E-state index is -0.718. The van der Waals surface area contributed by atoms with E-state index in [1.165, 1.54) is 6.08 Å². The maximum Gasteiger partial charge on any atom is 0.245 e. The van der Waals surface area contributed by atoms with Crippen LogP contribution in [0.5, 0.6) is 5.88 Å². The Morgan fingerprint density at radius 2 is 2.15 bits per heavy atom. The van der Waals surface area contributed by atoms with Crippen LogP contribution in [0.3, 0.4) is 0 Å². The van der Waals surface area contributed by atoms with Crippen molar-refractivity contribution < 1.29 is 9.53 Å². The Hall–Kier alpha value is -2.87. The van der Waals surface area contributed by atoms with Crippen molar-refractivity contribution in [1.29, 1.82) is 5.26 Å². The van der Waals surface area contributed by atoms with Gasteiger partial charge in [0, 0.05) is 17.0 Å². The van der Waals surface area contributed by atoms with Crippen molar-refractivity contribution in [2.45, 2.75) is 44.6 Å². The highest BCUT2D eigenvalue weighted by atomic mass is 16.5. The largest absolute Gasteiger partial charge is 0.477 e. The molecule has 5 heteroatoms. The van der Waals surface area contributed by atoms with Crippen molar-refractivity contribution in [3.8, 4) is 11.9 Å². The summed E-state index contributed by atoms with van der Waals surface area (Å²) in [6, 6.07) is 12.0. The molecule has 0 spiro atoms. The third-order valence-corrected chi connectivity index (χ3v) is 4.61. The Bertz CT molecular complexity index is 861. The second-order valence-corrected chi connectivity index (χ2v) is 6.65. The molecule has 5 nitrogen and oxygen atoms in total. The zero-order valence-corrected chi connectivity index (χ0v) is 15.0. The number of hydrogen-bond acceptors (Lipinski definition) is 4. The minimum absolute atomic E-state index is 0.261. The van der Waals surface area contributed by atoms with Gasteiger partial charge in [0.15, 0.2) is 0 Å². The van der Waals surface area contributed by atoms with Crippen molar-refractivity contribution in [2.75, 3.05) is 6.61 Å². The van der Waals surface area contributed by atoms with Crippen LogP contribution in [0.25, 0.3) is 17.0 Å². The smallest absolute Gasteiger partial charge is 0.245 e. The van der Waals surface area contributed by atoms with Crippen LogP contribution in [0.15, 0.2) is 36.4 Å². The first-order chi connectivity index (χ1) is 12.7. The molecule has 26 heavy (non-hydrogen) atoms. The fraction of sp³-hybridized carbons (Fsp3) is 0.381. The summed E-state index contributed by atoms with van der Waals surface area (Å²) in [5, 5.41) is 13.2. The highest BCUT2D eigenvalue weighted by Crippen LogP contribution is 2.29. The van der Waals surface area contributed by atoms with Gasteiger partial charge >= 0.3 is 0 Å². The summed E-state index contributed by atoms with van der Waals surface area (Å²) in [7, 11) is 0. The molecule has 0 unspecified atom stereocenters. The molecule has 1 saturated carbocycles. The zero-order chi connectivity index (χ0) is 18.4. The summed E-state index contributed by atoms with van der Waals surface area (Å²) < 4.78 is 5.75. The molecule has 134 valence electrons. The van der Waals surface area contributed by atoms with Gasteiger partial charge in [0.2, 0.25) is 11.8 Å².